The van der Waals surface area contributed by atoms with Gasteiger partial charge in [0.25, 0.3) is 0 Å². The van der Waals surface area contributed by atoms with Gasteiger partial charge in [-0.25, -0.2) is 12.8 Å². The molecule has 0 saturated carbocycles. The smallest absolute Gasteiger partial charge is 0.241 e. The molecule has 0 aromatic heterocycles. The van der Waals surface area contributed by atoms with Crippen LogP contribution in [0.4, 0.5) is 15.8 Å². The Morgan fingerprint density at radius 3 is 2.71 bits per heavy atom. The van der Waals surface area contributed by atoms with Gasteiger partial charge in [0, 0.05) is 5.69 Å². The van der Waals surface area contributed by atoms with Gasteiger partial charge in [-0.3, -0.25) is 9.52 Å². The SMILES string of the molecule is CSCC[C@H](N)C(=O)Nc1ccc(F)c(NS(C)(=O)=O)c1. The molecule has 0 spiro atoms. The van der Waals surface area contributed by atoms with E-state index in [4.69, 9.17) is 5.73 Å². The van der Waals surface area contributed by atoms with Gasteiger partial charge in [0.1, 0.15) is 5.82 Å². The number of halogens is 1. The van der Waals surface area contributed by atoms with Gasteiger partial charge >= 0.3 is 0 Å². The summed E-state index contributed by atoms with van der Waals surface area (Å²) in [5.74, 6) is -0.384. The Labute approximate surface area is 127 Å². The van der Waals surface area contributed by atoms with Gasteiger partial charge in [0.05, 0.1) is 18.0 Å². The number of carbonyl (C=O) groups is 1. The largest absolute Gasteiger partial charge is 0.325 e. The van der Waals surface area contributed by atoms with E-state index in [-0.39, 0.29) is 11.4 Å². The Morgan fingerprint density at radius 2 is 2.14 bits per heavy atom. The molecule has 1 aromatic carbocycles. The summed E-state index contributed by atoms with van der Waals surface area (Å²) >= 11 is 1.58. The van der Waals surface area contributed by atoms with Crippen molar-refractivity contribution in [2.75, 3.05) is 28.3 Å². The first-order valence-corrected chi connectivity index (χ1v) is 9.34. The average Bonchev–Trinajstić information content (AvgIpc) is 2.38. The number of nitrogens with one attached hydrogen (secondary N) is 2. The predicted octanol–water partition coefficient (Wildman–Crippen LogP) is 1.22. The van der Waals surface area contributed by atoms with E-state index >= 15 is 0 Å². The molecular weight excluding hydrogens is 317 g/mol. The number of hydrogen-bond donors (Lipinski definition) is 3. The lowest BCUT2D eigenvalue weighted by molar-refractivity contribution is -0.117. The van der Waals surface area contributed by atoms with Crippen molar-refractivity contribution in [2.45, 2.75) is 12.5 Å². The molecule has 21 heavy (non-hydrogen) atoms. The molecule has 0 fully saturated rings. The Balaban J connectivity index is 2.80. The van der Waals surface area contributed by atoms with Crippen LogP contribution in [0.25, 0.3) is 0 Å². The lowest BCUT2D eigenvalue weighted by atomic mass is 10.2. The first-order chi connectivity index (χ1) is 9.73. The van der Waals surface area contributed by atoms with Gasteiger partial charge in [-0.05, 0) is 36.6 Å². The summed E-state index contributed by atoms with van der Waals surface area (Å²) in [5, 5.41) is 2.53. The standard InChI is InChI=1S/C12H18FN3O3S2/c1-20-6-5-10(14)12(17)15-8-3-4-9(13)11(7-8)16-21(2,18)19/h3-4,7,10,16H,5-6,14H2,1-2H3,(H,15,17)/t10-/m0/s1. The molecule has 0 aliphatic carbocycles. The molecule has 1 rings (SSSR count). The molecule has 0 heterocycles. The molecule has 1 amide bonds. The van der Waals surface area contributed by atoms with E-state index in [1.165, 1.54) is 12.1 Å². The Morgan fingerprint density at radius 1 is 1.48 bits per heavy atom. The average molecular weight is 335 g/mol. The number of sulfonamides is 1. The minimum absolute atomic E-state index is 0.229. The molecule has 0 aliphatic heterocycles. The van der Waals surface area contributed by atoms with E-state index in [2.05, 4.69) is 5.32 Å². The van der Waals surface area contributed by atoms with Crippen LogP contribution in [0.3, 0.4) is 0 Å². The van der Waals surface area contributed by atoms with Crippen molar-refractivity contribution in [3.05, 3.63) is 24.0 Å². The quantitative estimate of drug-likeness (QED) is 0.695. The van der Waals surface area contributed by atoms with Crippen LogP contribution in [-0.4, -0.2) is 38.6 Å². The van der Waals surface area contributed by atoms with Gasteiger partial charge in [0.2, 0.25) is 15.9 Å². The van der Waals surface area contributed by atoms with E-state index in [9.17, 15) is 17.6 Å². The van der Waals surface area contributed by atoms with Gasteiger partial charge in [-0.15, -0.1) is 0 Å². The summed E-state index contributed by atoms with van der Waals surface area (Å²) in [6.07, 6.45) is 3.34. The number of anilines is 2. The molecule has 0 unspecified atom stereocenters. The molecule has 1 atom stereocenters. The monoisotopic (exact) mass is 335 g/mol. The van der Waals surface area contributed by atoms with Crippen LogP contribution in [0.2, 0.25) is 0 Å². The third-order valence-corrected chi connectivity index (χ3v) is 3.73. The van der Waals surface area contributed by atoms with Crippen LogP contribution >= 0.6 is 11.8 Å². The molecule has 4 N–H and O–H groups in total. The topological polar surface area (TPSA) is 101 Å². The van der Waals surface area contributed by atoms with Crippen molar-refractivity contribution in [1.29, 1.82) is 0 Å². The third kappa shape index (κ3) is 6.32. The number of nitrogens with two attached hydrogens (primary N) is 1. The van der Waals surface area contributed by atoms with Crippen molar-refractivity contribution in [2.24, 2.45) is 5.73 Å². The fourth-order valence-corrected chi connectivity index (χ4v) is 2.54. The van der Waals surface area contributed by atoms with E-state index in [0.717, 1.165) is 18.1 Å². The van der Waals surface area contributed by atoms with Gasteiger partial charge in [0.15, 0.2) is 0 Å². The number of hydrogen-bond acceptors (Lipinski definition) is 5. The molecule has 0 aliphatic rings. The summed E-state index contributed by atoms with van der Waals surface area (Å²) in [6.45, 7) is 0. The van der Waals surface area contributed by atoms with Gasteiger partial charge in [-0.1, -0.05) is 0 Å². The summed E-state index contributed by atoms with van der Waals surface area (Å²) < 4.78 is 37.8. The van der Waals surface area contributed by atoms with Crippen LogP contribution in [0.15, 0.2) is 18.2 Å². The van der Waals surface area contributed by atoms with E-state index < -0.39 is 27.8 Å². The highest BCUT2D eigenvalue weighted by molar-refractivity contribution is 7.98. The van der Waals surface area contributed by atoms with Crippen molar-refractivity contribution in [3.63, 3.8) is 0 Å². The lowest BCUT2D eigenvalue weighted by Crippen LogP contribution is -2.36. The van der Waals surface area contributed by atoms with Crippen LogP contribution in [0.5, 0.6) is 0 Å². The second-order valence-corrected chi connectivity index (χ2v) is 7.18. The third-order valence-electron chi connectivity index (χ3n) is 2.50. The molecule has 0 bridgehead atoms. The van der Waals surface area contributed by atoms with Crippen LogP contribution in [-0.2, 0) is 14.8 Å². The Kier molecular flexibility index (Phi) is 6.43. The van der Waals surface area contributed by atoms with Crippen molar-refractivity contribution >= 4 is 39.1 Å². The van der Waals surface area contributed by atoms with E-state index in [1.54, 1.807) is 11.8 Å². The van der Waals surface area contributed by atoms with Crippen molar-refractivity contribution in [1.82, 2.24) is 0 Å². The molecule has 6 nitrogen and oxygen atoms in total. The summed E-state index contributed by atoms with van der Waals surface area (Å²) in [4.78, 5) is 11.8. The predicted molar refractivity (Wildman–Crippen MR) is 84.5 cm³/mol. The molecular formula is C12H18FN3O3S2. The second-order valence-electron chi connectivity index (χ2n) is 4.45. The van der Waals surface area contributed by atoms with Crippen molar-refractivity contribution < 1.29 is 17.6 Å². The zero-order valence-corrected chi connectivity index (χ0v) is 13.4. The van der Waals surface area contributed by atoms with Gasteiger partial charge in [-0.2, -0.15) is 11.8 Å². The van der Waals surface area contributed by atoms with E-state index in [1.807, 2.05) is 11.0 Å². The number of benzene rings is 1. The maximum Gasteiger partial charge on any atom is 0.241 e. The van der Waals surface area contributed by atoms with Crippen LogP contribution < -0.4 is 15.8 Å². The summed E-state index contributed by atoms with van der Waals surface area (Å²) in [6, 6.07) is 2.93. The highest BCUT2D eigenvalue weighted by atomic mass is 32.2. The normalized spacial score (nSPS) is 12.8. The highest BCUT2D eigenvalue weighted by Crippen LogP contribution is 2.20. The lowest BCUT2D eigenvalue weighted by Gasteiger charge is -2.13. The molecule has 118 valence electrons. The second kappa shape index (κ2) is 7.62. The van der Waals surface area contributed by atoms with Gasteiger partial charge < -0.3 is 11.1 Å². The van der Waals surface area contributed by atoms with Crippen LogP contribution in [0.1, 0.15) is 6.42 Å². The summed E-state index contributed by atoms with van der Waals surface area (Å²) in [7, 11) is -3.60. The van der Waals surface area contributed by atoms with E-state index in [0.29, 0.717) is 6.42 Å². The molecule has 0 saturated heterocycles. The minimum Gasteiger partial charge on any atom is -0.325 e. The number of thioether (sulfide) groups is 1. The molecule has 1 aromatic rings. The molecule has 9 heteroatoms. The first kappa shape index (κ1) is 17.7. The zero-order chi connectivity index (χ0) is 16.0. The Bertz CT molecular complexity index is 608. The highest BCUT2D eigenvalue weighted by Gasteiger charge is 2.14. The fourth-order valence-electron chi connectivity index (χ4n) is 1.49. The number of rotatable bonds is 7. The fraction of sp³-hybridized carbons (Fsp3) is 0.417. The molecule has 0 radical (unpaired) electrons. The zero-order valence-electron chi connectivity index (χ0n) is 11.7. The van der Waals surface area contributed by atoms with Crippen molar-refractivity contribution in [3.8, 4) is 0 Å². The Hall–Kier alpha value is -1.32. The van der Waals surface area contributed by atoms with Crippen LogP contribution in [0, 0.1) is 5.82 Å². The minimum atomic E-state index is -3.60. The maximum atomic E-state index is 13.5. The maximum absolute atomic E-state index is 13.5. The number of carbonyl (C=O) groups excluding carboxylic acids is 1. The number of amides is 1. The summed E-state index contributed by atoms with van der Waals surface area (Å²) in [5.41, 5.74) is 5.75. The first-order valence-electron chi connectivity index (χ1n) is 6.05.